The van der Waals surface area contributed by atoms with Gasteiger partial charge >= 0.3 is 0 Å². The summed E-state index contributed by atoms with van der Waals surface area (Å²) in [5, 5.41) is 0. The summed E-state index contributed by atoms with van der Waals surface area (Å²) in [4.78, 5) is 0. The predicted molar refractivity (Wildman–Crippen MR) is 91.8 cm³/mol. The van der Waals surface area contributed by atoms with Gasteiger partial charge in [0.2, 0.25) is 0 Å². The van der Waals surface area contributed by atoms with Gasteiger partial charge in [0, 0.05) is 0 Å². The third-order valence-electron chi connectivity index (χ3n) is 4.18. The van der Waals surface area contributed by atoms with Crippen molar-refractivity contribution in [2.45, 2.75) is 53.0 Å². The van der Waals surface area contributed by atoms with E-state index >= 15 is 0 Å². The fourth-order valence-corrected chi connectivity index (χ4v) is 3.04. The molecule has 2 rings (SSSR count). The molecule has 1 nitrogen and oxygen atoms in total. The molecule has 0 aliphatic rings. The van der Waals surface area contributed by atoms with Crippen molar-refractivity contribution in [2.24, 2.45) is 5.73 Å². The number of nitrogens with two attached hydrogens (primary N) is 1. The zero-order valence-electron chi connectivity index (χ0n) is 14.1. The molecule has 0 radical (unpaired) electrons. The minimum absolute atomic E-state index is 0.0559. The van der Waals surface area contributed by atoms with E-state index in [1.54, 1.807) is 0 Å². The van der Waals surface area contributed by atoms with Crippen molar-refractivity contribution in [3.63, 3.8) is 0 Å². The standard InChI is InChI=1S/C20H27N/c1-13-11-14(2)18(15(3)12-13)19(21)16-7-9-17(10-8-16)20(4,5)6/h7-12,19H,21H2,1-6H3. The molecule has 1 atom stereocenters. The summed E-state index contributed by atoms with van der Waals surface area (Å²) in [6, 6.07) is 13.1. The molecule has 0 heterocycles. The van der Waals surface area contributed by atoms with E-state index < -0.39 is 0 Å². The summed E-state index contributed by atoms with van der Waals surface area (Å²) in [6.45, 7) is 13.1. The van der Waals surface area contributed by atoms with Crippen LogP contribution in [-0.2, 0) is 5.41 Å². The van der Waals surface area contributed by atoms with Crippen molar-refractivity contribution in [2.75, 3.05) is 0 Å². The van der Waals surface area contributed by atoms with Crippen molar-refractivity contribution in [1.82, 2.24) is 0 Å². The summed E-state index contributed by atoms with van der Waals surface area (Å²) in [5.41, 5.74) is 14.3. The molecular formula is C20H27N. The van der Waals surface area contributed by atoms with Crippen LogP contribution in [0, 0.1) is 20.8 Å². The molecule has 0 saturated heterocycles. The first-order valence-electron chi connectivity index (χ1n) is 7.64. The molecule has 0 fully saturated rings. The van der Waals surface area contributed by atoms with E-state index in [0.29, 0.717) is 0 Å². The minimum Gasteiger partial charge on any atom is -0.320 e. The van der Waals surface area contributed by atoms with Gasteiger partial charge in [-0.1, -0.05) is 62.7 Å². The zero-order chi connectivity index (χ0) is 15.8. The fourth-order valence-electron chi connectivity index (χ4n) is 3.04. The summed E-state index contributed by atoms with van der Waals surface area (Å²) in [6.07, 6.45) is 0. The van der Waals surface area contributed by atoms with Crippen LogP contribution in [0.1, 0.15) is 60.2 Å². The van der Waals surface area contributed by atoms with Crippen molar-refractivity contribution >= 4 is 0 Å². The van der Waals surface area contributed by atoms with Gasteiger partial charge in [-0.15, -0.1) is 0 Å². The van der Waals surface area contributed by atoms with Gasteiger partial charge in [-0.25, -0.2) is 0 Å². The molecule has 2 aromatic carbocycles. The van der Waals surface area contributed by atoms with Crippen LogP contribution in [0.5, 0.6) is 0 Å². The van der Waals surface area contributed by atoms with Crippen LogP contribution in [0.2, 0.25) is 0 Å². The lowest BCUT2D eigenvalue weighted by atomic mass is 9.85. The van der Waals surface area contributed by atoms with Gasteiger partial charge in [-0.05, 0) is 54.0 Å². The van der Waals surface area contributed by atoms with Crippen LogP contribution < -0.4 is 5.73 Å². The smallest absolute Gasteiger partial charge is 0.0556 e. The summed E-state index contributed by atoms with van der Waals surface area (Å²) in [7, 11) is 0. The van der Waals surface area contributed by atoms with Gasteiger partial charge in [0.15, 0.2) is 0 Å². The van der Waals surface area contributed by atoms with E-state index in [-0.39, 0.29) is 11.5 Å². The Morgan fingerprint density at radius 2 is 1.33 bits per heavy atom. The van der Waals surface area contributed by atoms with Gasteiger partial charge in [-0.3, -0.25) is 0 Å². The molecule has 0 aliphatic heterocycles. The topological polar surface area (TPSA) is 26.0 Å². The summed E-state index contributed by atoms with van der Waals surface area (Å²) >= 11 is 0. The van der Waals surface area contributed by atoms with E-state index in [1.165, 1.54) is 33.4 Å². The van der Waals surface area contributed by atoms with Crippen LogP contribution >= 0.6 is 0 Å². The average molecular weight is 281 g/mol. The second-order valence-corrected chi connectivity index (χ2v) is 7.16. The largest absolute Gasteiger partial charge is 0.320 e. The highest BCUT2D eigenvalue weighted by Crippen LogP contribution is 2.29. The Labute approximate surface area is 129 Å². The predicted octanol–water partition coefficient (Wildman–Crippen LogP) is 4.96. The molecule has 0 saturated carbocycles. The van der Waals surface area contributed by atoms with Crippen LogP contribution in [0.3, 0.4) is 0 Å². The van der Waals surface area contributed by atoms with Crippen molar-refractivity contribution in [3.05, 3.63) is 69.8 Å². The highest BCUT2D eigenvalue weighted by atomic mass is 14.6. The molecule has 0 aliphatic carbocycles. The molecule has 1 heteroatoms. The van der Waals surface area contributed by atoms with Crippen LogP contribution in [0.25, 0.3) is 0 Å². The number of rotatable bonds is 2. The van der Waals surface area contributed by atoms with Gasteiger partial charge < -0.3 is 5.73 Å². The third-order valence-corrected chi connectivity index (χ3v) is 4.18. The molecule has 0 aromatic heterocycles. The Bertz CT molecular complexity index is 607. The highest BCUT2D eigenvalue weighted by Gasteiger charge is 2.17. The lowest BCUT2D eigenvalue weighted by molar-refractivity contribution is 0.589. The number of aryl methyl sites for hydroxylation is 3. The Morgan fingerprint density at radius 1 is 0.857 bits per heavy atom. The average Bonchev–Trinajstić information content (AvgIpc) is 2.36. The second-order valence-electron chi connectivity index (χ2n) is 7.16. The van der Waals surface area contributed by atoms with Gasteiger partial charge in [0.1, 0.15) is 0 Å². The molecule has 112 valence electrons. The van der Waals surface area contributed by atoms with Crippen LogP contribution in [-0.4, -0.2) is 0 Å². The first kappa shape index (κ1) is 15.8. The Hall–Kier alpha value is -1.60. The quantitative estimate of drug-likeness (QED) is 0.827. The maximum Gasteiger partial charge on any atom is 0.0556 e. The number of benzene rings is 2. The van der Waals surface area contributed by atoms with E-state index in [2.05, 4.69) is 77.9 Å². The fraction of sp³-hybridized carbons (Fsp3) is 0.400. The summed E-state index contributed by atoms with van der Waals surface area (Å²) in [5.74, 6) is 0. The third kappa shape index (κ3) is 3.36. The normalized spacial score (nSPS) is 13.3. The first-order chi connectivity index (χ1) is 9.70. The van der Waals surface area contributed by atoms with Crippen molar-refractivity contribution < 1.29 is 0 Å². The first-order valence-corrected chi connectivity index (χ1v) is 7.64. The molecule has 2 aromatic rings. The lowest BCUT2D eigenvalue weighted by Gasteiger charge is -2.22. The molecular weight excluding hydrogens is 254 g/mol. The zero-order valence-corrected chi connectivity index (χ0v) is 14.1. The van der Waals surface area contributed by atoms with E-state index in [4.69, 9.17) is 5.73 Å². The van der Waals surface area contributed by atoms with E-state index in [1.807, 2.05) is 0 Å². The van der Waals surface area contributed by atoms with E-state index in [0.717, 1.165) is 0 Å². The SMILES string of the molecule is Cc1cc(C)c(C(N)c2ccc(C(C)(C)C)cc2)c(C)c1. The molecule has 21 heavy (non-hydrogen) atoms. The summed E-state index contributed by atoms with van der Waals surface area (Å²) < 4.78 is 0. The molecule has 0 amide bonds. The Balaban J connectivity index is 2.39. The molecule has 2 N–H and O–H groups in total. The van der Waals surface area contributed by atoms with Gasteiger partial charge in [0.25, 0.3) is 0 Å². The van der Waals surface area contributed by atoms with Crippen molar-refractivity contribution in [3.8, 4) is 0 Å². The Kier molecular flexibility index (Phi) is 4.25. The maximum absolute atomic E-state index is 6.53. The minimum atomic E-state index is -0.0559. The second kappa shape index (κ2) is 5.65. The highest BCUT2D eigenvalue weighted by molar-refractivity contribution is 5.44. The lowest BCUT2D eigenvalue weighted by Crippen LogP contribution is -2.16. The van der Waals surface area contributed by atoms with Crippen molar-refractivity contribution in [1.29, 1.82) is 0 Å². The molecule has 0 bridgehead atoms. The Morgan fingerprint density at radius 3 is 1.76 bits per heavy atom. The maximum atomic E-state index is 6.53. The number of hydrogen-bond donors (Lipinski definition) is 1. The monoisotopic (exact) mass is 281 g/mol. The molecule has 0 spiro atoms. The molecule has 1 unspecified atom stereocenters. The van der Waals surface area contributed by atoms with Crippen LogP contribution in [0.15, 0.2) is 36.4 Å². The number of hydrogen-bond acceptors (Lipinski definition) is 1. The van der Waals surface area contributed by atoms with E-state index in [9.17, 15) is 0 Å². The van der Waals surface area contributed by atoms with Crippen LogP contribution in [0.4, 0.5) is 0 Å². The van der Waals surface area contributed by atoms with Gasteiger partial charge in [0.05, 0.1) is 6.04 Å². The van der Waals surface area contributed by atoms with Gasteiger partial charge in [-0.2, -0.15) is 0 Å².